The second kappa shape index (κ2) is 9.22. The molecule has 0 radical (unpaired) electrons. The van der Waals surface area contributed by atoms with E-state index in [9.17, 15) is 9.18 Å². The van der Waals surface area contributed by atoms with Gasteiger partial charge in [0.05, 0.1) is 24.6 Å². The summed E-state index contributed by atoms with van der Waals surface area (Å²) in [6.45, 7) is 1.54. The molecule has 0 aliphatic carbocycles. The molecule has 2 aliphatic heterocycles. The molecular formula is C22H25FN4O4. The summed E-state index contributed by atoms with van der Waals surface area (Å²) < 4.78 is 32.1. The van der Waals surface area contributed by atoms with Gasteiger partial charge in [0.2, 0.25) is 6.10 Å². The van der Waals surface area contributed by atoms with Crippen LogP contribution in [0.25, 0.3) is 0 Å². The average Bonchev–Trinajstić information content (AvgIpc) is 3.29. The van der Waals surface area contributed by atoms with Gasteiger partial charge in [-0.25, -0.2) is 4.39 Å². The number of aliphatic imine (C=N–C) groups is 1. The Balaban J connectivity index is 1.53. The molecule has 2 aromatic rings. The standard InChI is InChI=1S/C22H25FN4O4/c1-27(2)7-8-29-20-9-14(17-11-24-13-25-17)15(23)10-16(20)26-22(28)21-12-30-18-5-3-4-6-19(18)31-21/h3-6,9-10,13,17,21H,7-8,11-12H2,1-2H3,(H,24,25)(H,26,28). The number of halogens is 1. The van der Waals surface area contributed by atoms with Crippen molar-refractivity contribution in [3.05, 3.63) is 47.8 Å². The molecule has 2 aliphatic rings. The zero-order valence-corrected chi connectivity index (χ0v) is 17.4. The highest BCUT2D eigenvalue weighted by atomic mass is 19.1. The number of fused-ring (bicyclic) bond motifs is 1. The number of nitrogens with one attached hydrogen (secondary N) is 2. The average molecular weight is 428 g/mol. The quantitative estimate of drug-likeness (QED) is 0.704. The topological polar surface area (TPSA) is 84.4 Å². The Labute approximate surface area is 180 Å². The van der Waals surface area contributed by atoms with Crippen LogP contribution in [0.15, 0.2) is 41.4 Å². The Kier molecular flexibility index (Phi) is 6.22. The highest BCUT2D eigenvalue weighted by molar-refractivity contribution is 5.96. The van der Waals surface area contributed by atoms with Crippen molar-refractivity contribution in [2.45, 2.75) is 12.1 Å². The first-order valence-corrected chi connectivity index (χ1v) is 10.1. The van der Waals surface area contributed by atoms with Crippen molar-refractivity contribution in [3.63, 3.8) is 0 Å². The van der Waals surface area contributed by atoms with Crippen LogP contribution in [0.3, 0.4) is 0 Å². The number of benzene rings is 2. The first kappa shape index (κ1) is 20.9. The number of anilines is 1. The smallest absolute Gasteiger partial charge is 0.269 e. The van der Waals surface area contributed by atoms with E-state index in [2.05, 4.69) is 15.6 Å². The first-order chi connectivity index (χ1) is 15.0. The maximum absolute atomic E-state index is 14.9. The van der Waals surface area contributed by atoms with Crippen LogP contribution in [-0.4, -0.2) is 63.6 Å². The summed E-state index contributed by atoms with van der Waals surface area (Å²) in [6.07, 6.45) is 0.696. The van der Waals surface area contributed by atoms with E-state index < -0.39 is 17.8 Å². The van der Waals surface area contributed by atoms with Crippen molar-refractivity contribution in [2.24, 2.45) is 4.99 Å². The second-order valence-electron chi connectivity index (χ2n) is 7.59. The molecular weight excluding hydrogens is 403 g/mol. The normalized spacial score (nSPS) is 19.2. The number of nitrogens with zero attached hydrogens (tertiary/aromatic N) is 2. The van der Waals surface area contributed by atoms with Crippen LogP contribution < -0.4 is 24.8 Å². The molecule has 9 heteroatoms. The third kappa shape index (κ3) is 4.88. The molecule has 0 saturated carbocycles. The molecule has 2 N–H and O–H groups in total. The zero-order chi connectivity index (χ0) is 21.8. The molecule has 0 spiro atoms. The monoisotopic (exact) mass is 428 g/mol. The van der Waals surface area contributed by atoms with Crippen molar-refractivity contribution < 1.29 is 23.4 Å². The molecule has 2 atom stereocenters. The Morgan fingerprint density at radius 3 is 2.87 bits per heavy atom. The largest absolute Gasteiger partial charge is 0.490 e. The molecule has 31 heavy (non-hydrogen) atoms. The second-order valence-corrected chi connectivity index (χ2v) is 7.59. The van der Waals surface area contributed by atoms with Gasteiger partial charge in [-0.1, -0.05) is 12.1 Å². The summed E-state index contributed by atoms with van der Waals surface area (Å²) in [7, 11) is 3.86. The number of ether oxygens (including phenoxy) is 3. The van der Waals surface area contributed by atoms with Crippen LogP contribution in [0.2, 0.25) is 0 Å². The number of rotatable bonds is 7. The number of carbonyl (C=O) groups excluding carboxylic acids is 1. The van der Waals surface area contributed by atoms with E-state index in [1.54, 1.807) is 30.6 Å². The molecule has 8 nitrogen and oxygen atoms in total. The van der Waals surface area contributed by atoms with Crippen LogP contribution in [0.4, 0.5) is 10.1 Å². The van der Waals surface area contributed by atoms with E-state index >= 15 is 0 Å². The van der Waals surface area contributed by atoms with Gasteiger partial charge < -0.3 is 29.7 Å². The van der Waals surface area contributed by atoms with Gasteiger partial charge in [-0.2, -0.15) is 0 Å². The third-order valence-electron chi connectivity index (χ3n) is 4.98. The fraction of sp³-hybridized carbons (Fsp3) is 0.364. The number of amides is 1. The van der Waals surface area contributed by atoms with Gasteiger partial charge in [0, 0.05) is 18.2 Å². The highest BCUT2D eigenvalue weighted by Crippen LogP contribution is 2.34. The molecule has 164 valence electrons. The van der Waals surface area contributed by atoms with Crippen molar-refractivity contribution in [3.8, 4) is 17.2 Å². The fourth-order valence-corrected chi connectivity index (χ4v) is 3.30. The summed E-state index contributed by atoms with van der Waals surface area (Å²) in [5.74, 6) is 0.564. The Morgan fingerprint density at radius 2 is 2.13 bits per heavy atom. The van der Waals surface area contributed by atoms with Crippen molar-refractivity contribution in [1.82, 2.24) is 10.2 Å². The lowest BCUT2D eigenvalue weighted by molar-refractivity contribution is -0.125. The minimum Gasteiger partial charge on any atom is -0.490 e. The summed E-state index contributed by atoms with van der Waals surface area (Å²) in [4.78, 5) is 18.9. The van der Waals surface area contributed by atoms with Gasteiger partial charge in [0.25, 0.3) is 5.91 Å². The number of hydrogen-bond acceptors (Lipinski definition) is 7. The number of para-hydroxylation sites is 2. The molecule has 0 saturated heterocycles. The van der Waals surface area contributed by atoms with Crippen LogP contribution in [0.5, 0.6) is 17.2 Å². The fourth-order valence-electron chi connectivity index (χ4n) is 3.30. The lowest BCUT2D eigenvalue weighted by atomic mass is 10.1. The number of likely N-dealkylation sites (N-methyl/N-ethyl adjacent to an activating group) is 1. The summed E-state index contributed by atoms with van der Waals surface area (Å²) in [5.41, 5.74) is 0.674. The van der Waals surface area contributed by atoms with Gasteiger partial charge in [-0.05, 0) is 32.3 Å². The predicted molar refractivity (Wildman–Crippen MR) is 115 cm³/mol. The molecule has 2 heterocycles. The zero-order valence-electron chi connectivity index (χ0n) is 17.4. The van der Waals surface area contributed by atoms with Crippen LogP contribution >= 0.6 is 0 Å². The van der Waals surface area contributed by atoms with E-state index in [1.165, 1.54) is 6.07 Å². The van der Waals surface area contributed by atoms with Crippen LogP contribution in [-0.2, 0) is 4.79 Å². The van der Waals surface area contributed by atoms with E-state index in [0.29, 0.717) is 42.5 Å². The van der Waals surface area contributed by atoms with Gasteiger partial charge in [0.1, 0.15) is 24.8 Å². The predicted octanol–water partition coefficient (Wildman–Crippen LogP) is 2.22. The maximum Gasteiger partial charge on any atom is 0.269 e. The summed E-state index contributed by atoms with van der Waals surface area (Å²) in [6, 6.07) is 9.75. The van der Waals surface area contributed by atoms with Gasteiger partial charge in [0.15, 0.2) is 11.5 Å². The molecule has 2 aromatic carbocycles. The number of carbonyl (C=O) groups is 1. The maximum atomic E-state index is 14.9. The lowest BCUT2D eigenvalue weighted by Gasteiger charge is -2.26. The Bertz CT molecular complexity index is 974. The van der Waals surface area contributed by atoms with Gasteiger partial charge in [-0.15, -0.1) is 0 Å². The van der Waals surface area contributed by atoms with Crippen molar-refractivity contribution in [1.29, 1.82) is 0 Å². The van der Waals surface area contributed by atoms with Crippen molar-refractivity contribution in [2.75, 3.05) is 45.7 Å². The van der Waals surface area contributed by atoms with Crippen LogP contribution in [0, 0.1) is 5.82 Å². The molecule has 2 unspecified atom stereocenters. The highest BCUT2D eigenvalue weighted by Gasteiger charge is 2.29. The minimum atomic E-state index is -0.864. The Morgan fingerprint density at radius 1 is 1.32 bits per heavy atom. The minimum absolute atomic E-state index is 0.0591. The summed E-state index contributed by atoms with van der Waals surface area (Å²) in [5, 5.41) is 5.75. The van der Waals surface area contributed by atoms with E-state index in [0.717, 1.165) is 0 Å². The molecule has 0 bridgehead atoms. The van der Waals surface area contributed by atoms with E-state index in [-0.39, 0.29) is 18.3 Å². The SMILES string of the molecule is CN(C)CCOc1cc(C2CN=CN2)c(F)cc1NC(=O)C1COc2ccccc2O1. The summed E-state index contributed by atoms with van der Waals surface area (Å²) >= 11 is 0. The third-order valence-corrected chi connectivity index (χ3v) is 4.98. The van der Waals surface area contributed by atoms with E-state index in [4.69, 9.17) is 14.2 Å². The molecule has 0 fully saturated rings. The van der Waals surface area contributed by atoms with Crippen LogP contribution in [0.1, 0.15) is 11.6 Å². The molecule has 1 amide bonds. The van der Waals surface area contributed by atoms with E-state index in [1.807, 2.05) is 25.1 Å². The number of hydrogen-bond donors (Lipinski definition) is 2. The Hall–Kier alpha value is -3.33. The lowest BCUT2D eigenvalue weighted by Crippen LogP contribution is -2.40. The first-order valence-electron chi connectivity index (χ1n) is 10.1. The van der Waals surface area contributed by atoms with Gasteiger partial charge >= 0.3 is 0 Å². The van der Waals surface area contributed by atoms with Gasteiger partial charge in [-0.3, -0.25) is 9.79 Å². The molecule has 4 rings (SSSR count). The van der Waals surface area contributed by atoms with Crippen molar-refractivity contribution >= 4 is 17.9 Å². The molecule has 0 aromatic heterocycles.